The van der Waals surface area contributed by atoms with E-state index in [1.807, 2.05) is 49.4 Å². The molecule has 0 saturated carbocycles. The highest BCUT2D eigenvalue weighted by Crippen LogP contribution is 2.23. The molecule has 0 saturated heterocycles. The smallest absolute Gasteiger partial charge is 0.256 e. The van der Waals surface area contributed by atoms with Crippen LogP contribution in [0.2, 0.25) is 5.15 Å². The molecule has 3 aromatic rings. The van der Waals surface area contributed by atoms with Crippen molar-refractivity contribution in [2.24, 2.45) is 0 Å². The summed E-state index contributed by atoms with van der Waals surface area (Å²) in [4.78, 5) is 24.7. The fraction of sp³-hybridized carbons (Fsp3) is 0.150. The molecule has 0 aliphatic rings. The van der Waals surface area contributed by atoms with Crippen LogP contribution in [0.4, 0.5) is 5.69 Å². The van der Waals surface area contributed by atoms with Crippen molar-refractivity contribution in [3.63, 3.8) is 0 Å². The third-order valence-electron chi connectivity index (χ3n) is 4.08. The number of para-hydroxylation sites is 1. The molecule has 0 unspecified atom stereocenters. The summed E-state index contributed by atoms with van der Waals surface area (Å²) in [5.74, 6) is -0.786. The maximum Gasteiger partial charge on any atom is 0.256 e. The van der Waals surface area contributed by atoms with E-state index in [4.69, 9.17) is 11.6 Å². The minimum Gasteiger partial charge on any atom is -0.343 e. The normalized spacial score (nSPS) is 10.6. The van der Waals surface area contributed by atoms with Crippen LogP contribution >= 0.6 is 27.5 Å². The molecule has 2 N–H and O–H groups in total. The second-order valence-electron chi connectivity index (χ2n) is 6.19. The summed E-state index contributed by atoms with van der Waals surface area (Å²) < 4.78 is 2.45. The standard InChI is InChI=1S/C20H18BrClN4O2/c1-12-10-14(8-9-16(12)21)24-17(27)11-23-20(28)18-13(2)25-26(19(18)22)15-6-4-3-5-7-15/h3-10H,11H2,1-2H3,(H,23,28)(H,24,27). The molecule has 0 aliphatic carbocycles. The summed E-state index contributed by atoms with van der Waals surface area (Å²) in [5, 5.41) is 9.87. The number of nitrogens with one attached hydrogen (secondary N) is 2. The van der Waals surface area contributed by atoms with E-state index in [1.165, 1.54) is 4.68 Å². The van der Waals surface area contributed by atoms with Crippen molar-refractivity contribution in [2.45, 2.75) is 13.8 Å². The second-order valence-corrected chi connectivity index (χ2v) is 7.41. The van der Waals surface area contributed by atoms with E-state index >= 15 is 0 Å². The first kappa shape index (κ1) is 20.1. The molecule has 0 aliphatic heterocycles. The number of aromatic nitrogens is 2. The third-order valence-corrected chi connectivity index (χ3v) is 5.32. The topological polar surface area (TPSA) is 76.0 Å². The predicted octanol–water partition coefficient (Wildman–Crippen LogP) is 4.27. The van der Waals surface area contributed by atoms with Crippen molar-refractivity contribution in [1.82, 2.24) is 15.1 Å². The van der Waals surface area contributed by atoms with Crippen LogP contribution < -0.4 is 10.6 Å². The van der Waals surface area contributed by atoms with Gasteiger partial charge in [0.15, 0.2) is 0 Å². The number of anilines is 1. The second kappa shape index (κ2) is 8.58. The molecule has 1 aromatic heterocycles. The van der Waals surface area contributed by atoms with Gasteiger partial charge in [-0.15, -0.1) is 0 Å². The first-order valence-electron chi connectivity index (χ1n) is 8.51. The van der Waals surface area contributed by atoms with E-state index in [-0.39, 0.29) is 23.2 Å². The number of carbonyl (C=O) groups is 2. The maximum absolute atomic E-state index is 12.6. The van der Waals surface area contributed by atoms with Crippen LogP contribution in [0.5, 0.6) is 0 Å². The fourth-order valence-corrected chi connectivity index (χ4v) is 3.28. The molecule has 2 amide bonds. The summed E-state index contributed by atoms with van der Waals surface area (Å²) in [6.45, 7) is 3.45. The molecule has 0 atom stereocenters. The fourth-order valence-electron chi connectivity index (χ4n) is 2.67. The van der Waals surface area contributed by atoms with Gasteiger partial charge < -0.3 is 10.6 Å². The Labute approximate surface area is 176 Å². The molecule has 0 bridgehead atoms. The molecule has 3 rings (SSSR count). The number of amides is 2. The minimum atomic E-state index is -0.452. The lowest BCUT2D eigenvalue weighted by atomic mass is 10.2. The molecule has 28 heavy (non-hydrogen) atoms. The number of carbonyl (C=O) groups excluding carboxylic acids is 2. The van der Waals surface area contributed by atoms with Gasteiger partial charge in [-0.05, 0) is 49.7 Å². The van der Waals surface area contributed by atoms with Gasteiger partial charge >= 0.3 is 0 Å². The number of hydrogen-bond donors (Lipinski definition) is 2. The number of aryl methyl sites for hydroxylation is 2. The Morgan fingerprint density at radius 1 is 1.14 bits per heavy atom. The van der Waals surface area contributed by atoms with Crippen molar-refractivity contribution in [3.8, 4) is 5.69 Å². The average Bonchev–Trinajstić information content (AvgIpc) is 2.98. The summed E-state index contributed by atoms with van der Waals surface area (Å²) in [7, 11) is 0. The number of halogens is 2. The monoisotopic (exact) mass is 460 g/mol. The van der Waals surface area contributed by atoms with Crippen LogP contribution in [0.3, 0.4) is 0 Å². The van der Waals surface area contributed by atoms with Crippen LogP contribution in [0.15, 0.2) is 53.0 Å². The Balaban J connectivity index is 1.67. The molecule has 1 heterocycles. The van der Waals surface area contributed by atoms with Gasteiger partial charge in [-0.2, -0.15) is 5.10 Å². The summed E-state index contributed by atoms with van der Waals surface area (Å²) in [6, 6.07) is 14.8. The number of nitrogens with zero attached hydrogens (tertiary/aromatic N) is 2. The zero-order valence-electron chi connectivity index (χ0n) is 15.3. The minimum absolute atomic E-state index is 0.180. The molecule has 144 valence electrons. The highest BCUT2D eigenvalue weighted by Gasteiger charge is 2.21. The number of rotatable bonds is 5. The lowest BCUT2D eigenvalue weighted by Gasteiger charge is -2.08. The van der Waals surface area contributed by atoms with Gasteiger partial charge in [0.2, 0.25) is 5.91 Å². The van der Waals surface area contributed by atoms with E-state index in [1.54, 1.807) is 13.0 Å². The van der Waals surface area contributed by atoms with Crippen LogP contribution in [0.25, 0.3) is 5.69 Å². The zero-order chi connectivity index (χ0) is 20.3. The Kier molecular flexibility index (Phi) is 6.16. The van der Waals surface area contributed by atoms with Crippen molar-refractivity contribution < 1.29 is 9.59 Å². The van der Waals surface area contributed by atoms with Crippen LogP contribution in [-0.2, 0) is 4.79 Å². The number of hydrogen-bond acceptors (Lipinski definition) is 3. The van der Waals surface area contributed by atoms with Crippen LogP contribution in [-0.4, -0.2) is 28.1 Å². The largest absolute Gasteiger partial charge is 0.343 e. The van der Waals surface area contributed by atoms with Gasteiger partial charge in [-0.3, -0.25) is 9.59 Å². The molecule has 2 aromatic carbocycles. The molecular formula is C20H18BrClN4O2. The van der Waals surface area contributed by atoms with Gasteiger partial charge in [0.25, 0.3) is 5.91 Å². The van der Waals surface area contributed by atoms with Gasteiger partial charge in [0.05, 0.1) is 23.5 Å². The summed E-state index contributed by atoms with van der Waals surface area (Å²) in [6.07, 6.45) is 0. The highest BCUT2D eigenvalue weighted by molar-refractivity contribution is 9.10. The lowest BCUT2D eigenvalue weighted by molar-refractivity contribution is -0.115. The lowest BCUT2D eigenvalue weighted by Crippen LogP contribution is -2.33. The zero-order valence-corrected chi connectivity index (χ0v) is 17.6. The maximum atomic E-state index is 12.6. The van der Waals surface area contributed by atoms with Crippen molar-refractivity contribution in [2.75, 3.05) is 11.9 Å². The molecule has 0 radical (unpaired) electrons. The number of benzene rings is 2. The predicted molar refractivity (Wildman–Crippen MR) is 113 cm³/mol. The molecule has 0 spiro atoms. The van der Waals surface area contributed by atoms with E-state index in [9.17, 15) is 9.59 Å². The summed E-state index contributed by atoms with van der Waals surface area (Å²) in [5.41, 5.74) is 3.13. The Morgan fingerprint density at radius 2 is 1.86 bits per heavy atom. The van der Waals surface area contributed by atoms with Gasteiger partial charge in [0, 0.05) is 10.2 Å². The van der Waals surface area contributed by atoms with E-state index in [0.717, 1.165) is 15.7 Å². The van der Waals surface area contributed by atoms with Crippen molar-refractivity contribution >= 4 is 45.0 Å². The molecule has 6 nitrogen and oxygen atoms in total. The van der Waals surface area contributed by atoms with Gasteiger partial charge in [0.1, 0.15) is 5.15 Å². The van der Waals surface area contributed by atoms with Gasteiger partial charge in [-0.25, -0.2) is 4.68 Å². The van der Waals surface area contributed by atoms with Gasteiger partial charge in [-0.1, -0.05) is 45.7 Å². The first-order valence-corrected chi connectivity index (χ1v) is 9.68. The Hall–Kier alpha value is -2.64. The Bertz CT molecular complexity index is 1030. The van der Waals surface area contributed by atoms with E-state index < -0.39 is 5.91 Å². The molecule has 0 fully saturated rings. The quantitative estimate of drug-likeness (QED) is 0.596. The SMILES string of the molecule is Cc1cc(NC(=O)CNC(=O)c2c(C)nn(-c3ccccc3)c2Cl)ccc1Br. The summed E-state index contributed by atoms with van der Waals surface area (Å²) >= 11 is 9.78. The molecular weight excluding hydrogens is 444 g/mol. The van der Waals surface area contributed by atoms with E-state index in [0.29, 0.717) is 11.4 Å². The average molecular weight is 462 g/mol. The molecule has 8 heteroatoms. The van der Waals surface area contributed by atoms with Crippen LogP contribution in [0.1, 0.15) is 21.6 Å². The first-order chi connectivity index (χ1) is 13.4. The third kappa shape index (κ3) is 4.43. The van der Waals surface area contributed by atoms with Crippen molar-refractivity contribution in [1.29, 1.82) is 0 Å². The van der Waals surface area contributed by atoms with Crippen LogP contribution in [0, 0.1) is 13.8 Å². The highest BCUT2D eigenvalue weighted by atomic mass is 79.9. The Morgan fingerprint density at radius 3 is 2.54 bits per heavy atom. The van der Waals surface area contributed by atoms with E-state index in [2.05, 4.69) is 31.7 Å². The van der Waals surface area contributed by atoms with Crippen molar-refractivity contribution in [3.05, 3.63) is 75.0 Å².